The van der Waals surface area contributed by atoms with Crippen molar-refractivity contribution in [2.45, 2.75) is 34.7 Å². The highest BCUT2D eigenvalue weighted by atomic mass is 32.2. The maximum Gasteiger partial charge on any atom is 0.425 e. The van der Waals surface area contributed by atoms with Gasteiger partial charge in [-0.15, -0.1) is 25.3 Å². The number of rotatable bonds is 11. The maximum absolute atomic E-state index is 12.4. The number of nitriles is 2. The van der Waals surface area contributed by atoms with Gasteiger partial charge in [0.1, 0.15) is 27.1 Å². The van der Waals surface area contributed by atoms with Gasteiger partial charge in [0.05, 0.1) is 41.3 Å². The highest BCUT2D eigenvalue weighted by Gasteiger charge is 2.35. The zero-order valence-electron chi connectivity index (χ0n) is 34.3. The number of Topliss-reactive ketones (excluding diaryl/α,β-unsaturated/α-hetero) is 2. The first-order valence-electron chi connectivity index (χ1n) is 18.2. The summed E-state index contributed by atoms with van der Waals surface area (Å²) >= 11 is 0. The van der Waals surface area contributed by atoms with Gasteiger partial charge in [-0.25, -0.2) is 0 Å². The molecule has 4 aromatic carbocycles. The minimum Gasteiger partial charge on any atom is -0.311 e. The zero-order chi connectivity index (χ0) is 51.8. The highest BCUT2D eigenvalue weighted by molar-refractivity contribution is 7.86. The molecule has 0 saturated carbocycles. The van der Waals surface area contributed by atoms with Gasteiger partial charge in [-0.05, 0) is 72.3 Å². The summed E-state index contributed by atoms with van der Waals surface area (Å²) in [6, 6.07) is 15.9. The van der Waals surface area contributed by atoms with Crippen LogP contribution in [0.15, 0.2) is 146 Å². The van der Waals surface area contributed by atoms with Crippen molar-refractivity contribution in [1.29, 1.82) is 10.5 Å². The number of piperidine rings is 2. The summed E-state index contributed by atoms with van der Waals surface area (Å²) < 4.78 is 120. The molecule has 2 amide bonds. The summed E-state index contributed by atoms with van der Waals surface area (Å²) in [5, 5.41) is 52.9. The van der Waals surface area contributed by atoms with E-state index in [1.54, 1.807) is 0 Å². The summed E-state index contributed by atoms with van der Waals surface area (Å²) in [7, 11) is -15.9. The van der Waals surface area contributed by atoms with Crippen molar-refractivity contribution in [3.63, 3.8) is 0 Å². The molecule has 2 fully saturated rings. The second-order valence-electron chi connectivity index (χ2n) is 13.0. The highest BCUT2D eigenvalue weighted by Crippen LogP contribution is 2.34. The lowest BCUT2D eigenvalue weighted by molar-refractivity contribution is -0.131. The number of azo groups is 4. The zero-order valence-corrected chi connectivity index (χ0v) is 37.5. The first kappa shape index (κ1) is 53.6. The van der Waals surface area contributed by atoms with Gasteiger partial charge < -0.3 is 10.6 Å². The molecule has 4 aromatic rings. The van der Waals surface area contributed by atoms with E-state index in [4.69, 9.17) is 35.8 Å². The topological polar surface area (TPSA) is 475 Å². The monoisotopic (exact) mass is 1040 g/mol. The summed E-state index contributed by atoms with van der Waals surface area (Å²) in [6.07, 6.45) is 2.23. The minimum atomic E-state index is -4.93. The van der Waals surface area contributed by atoms with Gasteiger partial charge in [0.2, 0.25) is 24.5 Å². The Morgan fingerprint density at radius 1 is 0.514 bits per heavy atom. The van der Waals surface area contributed by atoms with Crippen LogP contribution >= 0.6 is 0 Å². The van der Waals surface area contributed by atoms with Crippen molar-refractivity contribution in [1.82, 2.24) is 10.6 Å². The van der Waals surface area contributed by atoms with Crippen LogP contribution in [-0.2, 0) is 60.6 Å². The van der Waals surface area contributed by atoms with E-state index in [9.17, 15) is 45.1 Å². The third kappa shape index (κ3) is 16.1. The average Bonchev–Trinajstić information content (AvgIpc) is 3.27. The molecule has 0 aliphatic carbocycles. The van der Waals surface area contributed by atoms with Crippen LogP contribution in [0, 0.1) is 22.9 Å². The molecule has 0 bridgehead atoms. The van der Waals surface area contributed by atoms with Crippen LogP contribution in [0.2, 0.25) is 0 Å². The molecule has 4 N–H and O–H groups in total. The molecule has 358 valence electrons. The van der Waals surface area contributed by atoms with Crippen LogP contribution in [0.25, 0.3) is 11.1 Å². The number of carbonyl (C=O) groups is 4. The molecule has 2 aliphatic heterocycles. The Labute approximate surface area is 394 Å². The number of benzene rings is 4. The van der Waals surface area contributed by atoms with Gasteiger partial charge in [0.15, 0.2) is 11.6 Å². The number of hydrogen-bond acceptors (Lipinski definition) is 26. The average molecular weight is 1040 g/mol. The normalized spacial score (nSPS) is 17.3. The summed E-state index contributed by atoms with van der Waals surface area (Å²) in [4.78, 5) is 54.4. The Morgan fingerprint density at radius 2 is 0.871 bits per heavy atom. The SMILES string of the molecule is N#CN=C1CC(=O)C(N=Nc2ccc(N=Nc3ccc(-c4ccc(N=Nc5ccc(N=NC6C(=O)CC(=NC#N)NC6=O)c(S(=O)(=O)O)c5)cc4)c(S(=O)(=O)O)c3)cc2)C(=O)N1.O=S(=O)=O.O=S(=O)=O. The Balaban J connectivity index is 0.00000124. The number of amides is 2. The predicted octanol–water partition coefficient (Wildman–Crippen LogP) is 3.51. The van der Waals surface area contributed by atoms with Gasteiger partial charge in [0.25, 0.3) is 32.1 Å². The maximum atomic E-state index is 12.4. The van der Waals surface area contributed by atoms with Crippen LogP contribution in [-0.4, -0.2) is 98.3 Å². The number of ketones is 2. The van der Waals surface area contributed by atoms with Crippen molar-refractivity contribution in [2.75, 3.05) is 0 Å². The molecule has 0 radical (unpaired) electrons. The van der Waals surface area contributed by atoms with E-state index in [2.05, 4.69) is 61.5 Å². The Morgan fingerprint density at radius 3 is 1.29 bits per heavy atom. The van der Waals surface area contributed by atoms with Gasteiger partial charge in [-0.1, -0.05) is 18.2 Å². The van der Waals surface area contributed by atoms with Crippen LogP contribution in [0.3, 0.4) is 0 Å². The molecule has 70 heavy (non-hydrogen) atoms. The standard InChI is InChI=1S/C36H24N14O10S2.2O3S/c37-17-39-31-15-27(51)33(35(53)41-31)49-45-22-7-5-21(6-8-22)44-46-23-9-11-25(29(13-23)61(55,56)57)19-1-3-20(4-2-19)43-47-24-10-12-26(30(14-24)62(58,59)60)48-50-34-28(52)16-32(40-18-38)42-36(34)54;2*1-4(2)3/h1-14,33-34H,15-16H2,(H,39,41,53)(H,40,42,54)(H,55,56,57)(H,58,59,60);;. The number of hydrogen-bond donors (Lipinski definition) is 4. The number of nitrogens with zero attached hydrogens (tertiary/aromatic N) is 12. The largest absolute Gasteiger partial charge is 0.425 e. The first-order valence-corrected chi connectivity index (χ1v) is 23.1. The molecule has 0 aromatic heterocycles. The first-order chi connectivity index (χ1) is 33.0. The Hall–Kier alpha value is -9.06. The summed E-state index contributed by atoms with van der Waals surface area (Å²) in [5.74, 6) is -3.32. The fourth-order valence-corrected chi connectivity index (χ4v) is 6.84. The Kier molecular flexibility index (Phi) is 18.4. The fourth-order valence-electron chi connectivity index (χ4n) is 5.46. The smallest absolute Gasteiger partial charge is 0.311 e. The minimum absolute atomic E-state index is 0.0574. The van der Waals surface area contributed by atoms with Gasteiger partial charge in [0, 0.05) is 5.56 Å². The van der Waals surface area contributed by atoms with Gasteiger partial charge in [-0.3, -0.25) is 28.3 Å². The van der Waals surface area contributed by atoms with Crippen molar-refractivity contribution in [3.8, 4) is 23.5 Å². The van der Waals surface area contributed by atoms with E-state index in [-0.39, 0.29) is 46.4 Å². The Bertz CT molecular complexity index is 3440. The molecule has 2 aliphatic rings. The van der Waals surface area contributed by atoms with E-state index in [0.29, 0.717) is 11.3 Å². The molecule has 2 saturated heterocycles. The summed E-state index contributed by atoms with van der Waals surface area (Å²) in [5.41, 5.74) is 0.762. The van der Waals surface area contributed by atoms with Crippen molar-refractivity contribution >= 4 is 111 Å². The molecule has 34 heteroatoms. The molecule has 2 atom stereocenters. The third-order valence-electron chi connectivity index (χ3n) is 8.32. The lowest BCUT2D eigenvalue weighted by atomic mass is 10.0. The lowest BCUT2D eigenvalue weighted by Crippen LogP contribution is -2.48. The van der Waals surface area contributed by atoms with Crippen molar-refractivity contribution in [2.24, 2.45) is 50.9 Å². The number of aliphatic imine (C=N–C) groups is 2. The molecule has 6 rings (SSSR count). The van der Waals surface area contributed by atoms with Gasteiger partial charge in [-0.2, -0.15) is 78.3 Å². The van der Waals surface area contributed by atoms with Crippen LogP contribution < -0.4 is 10.6 Å². The van der Waals surface area contributed by atoms with Crippen LogP contribution in [0.1, 0.15) is 12.8 Å². The summed E-state index contributed by atoms with van der Waals surface area (Å²) in [6.45, 7) is 0. The third-order valence-corrected chi connectivity index (χ3v) is 10.1. The van der Waals surface area contributed by atoms with Crippen LogP contribution in [0.5, 0.6) is 0 Å². The number of carbonyl (C=O) groups excluding carboxylic acids is 4. The van der Waals surface area contributed by atoms with Crippen LogP contribution in [0.4, 0.5) is 34.1 Å². The van der Waals surface area contributed by atoms with E-state index >= 15 is 0 Å². The van der Waals surface area contributed by atoms with Gasteiger partial charge >= 0.3 is 21.2 Å². The molecular formula is C36H24N14O16S4. The molecule has 0 spiro atoms. The molecule has 2 heterocycles. The molecule has 30 nitrogen and oxygen atoms in total. The van der Waals surface area contributed by atoms with E-state index in [1.165, 1.54) is 79.1 Å². The van der Waals surface area contributed by atoms with E-state index < -0.39 is 98.8 Å². The fraction of sp³-hybridized carbons (Fsp3) is 0.111. The number of nitrogens with one attached hydrogen (secondary N) is 2. The number of amidine groups is 2. The lowest BCUT2D eigenvalue weighted by Gasteiger charge is -2.17. The van der Waals surface area contributed by atoms with Crippen molar-refractivity contribution < 1.29 is 70.4 Å². The second kappa shape index (κ2) is 24.1. The van der Waals surface area contributed by atoms with E-state index in [0.717, 1.165) is 18.2 Å². The predicted molar refractivity (Wildman–Crippen MR) is 230 cm³/mol. The van der Waals surface area contributed by atoms with Crippen molar-refractivity contribution in [3.05, 3.63) is 84.9 Å². The second-order valence-corrected chi connectivity index (χ2v) is 16.6. The van der Waals surface area contributed by atoms with E-state index in [1.807, 2.05) is 0 Å². The molecule has 2 unspecified atom stereocenters. The quantitative estimate of drug-likeness (QED) is 0.0722. The molecular weight excluding hydrogens is 1010 g/mol.